The van der Waals surface area contributed by atoms with Crippen LogP contribution in [0.1, 0.15) is 5.56 Å². The molecule has 2 aromatic rings. The van der Waals surface area contributed by atoms with Crippen molar-refractivity contribution in [3.05, 3.63) is 56.0 Å². The maximum atomic E-state index is 9.08. The zero-order valence-corrected chi connectivity index (χ0v) is 11.9. The largest absolute Gasteiger partial charge is 0.192 e. The third kappa shape index (κ3) is 2.58. The van der Waals surface area contributed by atoms with Gasteiger partial charge in [-0.25, -0.2) is 0 Å². The third-order valence-corrected chi connectivity index (χ3v) is 3.83. The molecule has 0 aromatic heterocycles. The van der Waals surface area contributed by atoms with Gasteiger partial charge in [0.05, 0.1) is 26.7 Å². The van der Waals surface area contributed by atoms with Gasteiger partial charge in [0.1, 0.15) is 0 Å². The number of hydrogen-bond acceptors (Lipinski definition) is 1. The maximum absolute atomic E-state index is 9.08. The molecule has 0 radical (unpaired) electrons. The Bertz CT molecular complexity index is 636. The van der Waals surface area contributed by atoms with Crippen molar-refractivity contribution in [2.45, 2.75) is 0 Å². The summed E-state index contributed by atoms with van der Waals surface area (Å²) in [7, 11) is 0. The summed E-state index contributed by atoms with van der Waals surface area (Å²) in [5.41, 5.74) is 1.87. The van der Waals surface area contributed by atoms with Crippen LogP contribution in [-0.4, -0.2) is 0 Å². The van der Waals surface area contributed by atoms with Crippen molar-refractivity contribution in [2.75, 3.05) is 0 Å². The highest BCUT2D eigenvalue weighted by molar-refractivity contribution is 6.48. The lowest BCUT2D eigenvalue weighted by atomic mass is 10.0. The highest BCUT2D eigenvalue weighted by Crippen LogP contribution is 2.36. The first kappa shape index (κ1) is 13.5. The summed E-state index contributed by atoms with van der Waals surface area (Å²) in [5.74, 6) is 0. The summed E-state index contributed by atoms with van der Waals surface area (Å²) in [6.45, 7) is 0. The fourth-order valence-corrected chi connectivity index (χ4v) is 2.33. The van der Waals surface area contributed by atoms with Crippen molar-refractivity contribution in [2.24, 2.45) is 0 Å². The van der Waals surface area contributed by atoms with Crippen LogP contribution in [0.5, 0.6) is 0 Å². The topological polar surface area (TPSA) is 23.8 Å². The van der Waals surface area contributed by atoms with Crippen molar-refractivity contribution in [1.29, 1.82) is 5.26 Å². The van der Waals surface area contributed by atoms with E-state index < -0.39 is 0 Å². The van der Waals surface area contributed by atoms with Crippen molar-refractivity contribution in [1.82, 2.24) is 0 Å². The van der Waals surface area contributed by atoms with Gasteiger partial charge in [-0.3, -0.25) is 0 Å². The van der Waals surface area contributed by atoms with Gasteiger partial charge in [-0.1, -0.05) is 46.4 Å². The van der Waals surface area contributed by atoms with Crippen LogP contribution in [0.2, 0.25) is 20.1 Å². The highest BCUT2D eigenvalue weighted by atomic mass is 35.5. The Morgan fingerprint density at radius 2 is 1.50 bits per heavy atom. The van der Waals surface area contributed by atoms with Crippen LogP contribution in [0.15, 0.2) is 30.3 Å². The summed E-state index contributed by atoms with van der Waals surface area (Å²) in [4.78, 5) is 0. The summed E-state index contributed by atoms with van der Waals surface area (Å²) in [6.07, 6.45) is 0. The third-order valence-electron chi connectivity index (χ3n) is 2.40. The van der Waals surface area contributed by atoms with Crippen LogP contribution in [-0.2, 0) is 0 Å². The molecule has 0 N–H and O–H groups in total. The molecule has 0 aliphatic carbocycles. The molecule has 0 bridgehead atoms. The Hall–Kier alpha value is -0.910. The zero-order valence-electron chi connectivity index (χ0n) is 8.85. The van der Waals surface area contributed by atoms with Gasteiger partial charge in [0.2, 0.25) is 0 Å². The maximum Gasteiger partial charge on any atom is 0.0998 e. The summed E-state index contributed by atoms with van der Waals surface area (Å²) < 4.78 is 0. The van der Waals surface area contributed by atoms with E-state index in [0.29, 0.717) is 36.8 Å². The molecule has 0 saturated heterocycles. The molecule has 1 nitrogen and oxygen atoms in total. The van der Waals surface area contributed by atoms with E-state index in [1.54, 1.807) is 30.3 Å². The van der Waals surface area contributed by atoms with Crippen molar-refractivity contribution in [3.63, 3.8) is 0 Å². The van der Waals surface area contributed by atoms with Crippen LogP contribution >= 0.6 is 46.4 Å². The van der Waals surface area contributed by atoms with Crippen LogP contribution in [0.4, 0.5) is 0 Å². The molecule has 2 rings (SSSR count). The van der Waals surface area contributed by atoms with Crippen molar-refractivity contribution in [3.8, 4) is 17.2 Å². The van der Waals surface area contributed by atoms with Gasteiger partial charge in [-0.2, -0.15) is 5.26 Å². The lowest BCUT2D eigenvalue weighted by molar-refractivity contribution is 1.48. The fraction of sp³-hybridized carbons (Fsp3) is 0. The zero-order chi connectivity index (χ0) is 13.3. The molecule has 0 atom stereocenters. The molecule has 0 spiro atoms. The van der Waals surface area contributed by atoms with Crippen LogP contribution in [0.25, 0.3) is 11.1 Å². The normalized spacial score (nSPS) is 10.2. The minimum Gasteiger partial charge on any atom is -0.192 e. The molecule has 0 heterocycles. The molecule has 0 amide bonds. The van der Waals surface area contributed by atoms with Gasteiger partial charge >= 0.3 is 0 Å². The Labute approximate surface area is 124 Å². The number of benzene rings is 2. The van der Waals surface area contributed by atoms with Gasteiger partial charge < -0.3 is 0 Å². The first-order chi connectivity index (χ1) is 8.52. The van der Waals surface area contributed by atoms with E-state index in [1.807, 2.05) is 0 Å². The second-order valence-electron chi connectivity index (χ2n) is 3.56. The van der Waals surface area contributed by atoms with E-state index in [-0.39, 0.29) is 0 Å². The van der Waals surface area contributed by atoms with Crippen molar-refractivity contribution < 1.29 is 0 Å². The summed E-state index contributed by atoms with van der Waals surface area (Å²) in [6, 6.07) is 10.4. The van der Waals surface area contributed by atoms with Crippen molar-refractivity contribution >= 4 is 46.4 Å². The number of nitriles is 1. The minimum atomic E-state index is 0.294. The molecule has 0 fully saturated rings. The molecule has 18 heavy (non-hydrogen) atoms. The van der Waals surface area contributed by atoms with Crippen LogP contribution < -0.4 is 0 Å². The molecule has 0 aliphatic heterocycles. The van der Waals surface area contributed by atoms with Crippen LogP contribution in [0.3, 0.4) is 0 Å². The number of hydrogen-bond donors (Lipinski definition) is 0. The standard InChI is InChI=1S/C13H5Cl4N/c14-9-2-1-7(6-18)10(5-9)8-3-11(15)13(17)12(16)4-8/h1-5H. The van der Waals surface area contributed by atoms with E-state index in [1.165, 1.54) is 0 Å². The number of halogens is 4. The van der Waals surface area contributed by atoms with E-state index in [2.05, 4.69) is 6.07 Å². The van der Waals surface area contributed by atoms with Crippen LogP contribution in [0, 0.1) is 11.3 Å². The molecule has 0 unspecified atom stereocenters. The Morgan fingerprint density at radius 1 is 0.889 bits per heavy atom. The fourth-order valence-electron chi connectivity index (χ4n) is 1.56. The Kier molecular flexibility index (Phi) is 4.04. The Morgan fingerprint density at radius 3 is 2.06 bits per heavy atom. The molecule has 2 aromatic carbocycles. The monoisotopic (exact) mass is 315 g/mol. The molecule has 90 valence electrons. The van der Waals surface area contributed by atoms with Gasteiger partial charge in [-0.15, -0.1) is 0 Å². The average Bonchev–Trinajstić information content (AvgIpc) is 2.35. The SMILES string of the molecule is N#Cc1ccc(Cl)cc1-c1cc(Cl)c(Cl)c(Cl)c1. The second-order valence-corrected chi connectivity index (χ2v) is 5.18. The molecule has 5 heteroatoms. The molecule has 0 aliphatic rings. The lowest BCUT2D eigenvalue weighted by Crippen LogP contribution is -1.86. The number of rotatable bonds is 1. The quantitative estimate of drug-likeness (QED) is 0.606. The highest BCUT2D eigenvalue weighted by Gasteiger charge is 2.11. The van der Waals surface area contributed by atoms with Gasteiger partial charge in [0, 0.05) is 10.6 Å². The van der Waals surface area contributed by atoms with E-state index in [0.717, 1.165) is 0 Å². The minimum absolute atomic E-state index is 0.294. The number of nitrogens with zero attached hydrogens (tertiary/aromatic N) is 1. The predicted molar refractivity (Wildman–Crippen MR) is 76.6 cm³/mol. The van der Waals surface area contributed by atoms with Gasteiger partial charge in [0.25, 0.3) is 0 Å². The molecule has 0 saturated carbocycles. The lowest BCUT2D eigenvalue weighted by Gasteiger charge is -2.08. The molecular formula is C13H5Cl4N. The first-order valence-electron chi connectivity index (χ1n) is 4.87. The average molecular weight is 317 g/mol. The predicted octanol–water partition coefficient (Wildman–Crippen LogP) is 5.84. The van der Waals surface area contributed by atoms with E-state index >= 15 is 0 Å². The first-order valence-corrected chi connectivity index (χ1v) is 6.38. The molecular weight excluding hydrogens is 312 g/mol. The van der Waals surface area contributed by atoms with Gasteiger partial charge in [0.15, 0.2) is 0 Å². The smallest absolute Gasteiger partial charge is 0.0998 e. The van der Waals surface area contributed by atoms with Gasteiger partial charge in [-0.05, 0) is 35.9 Å². The summed E-state index contributed by atoms with van der Waals surface area (Å²) >= 11 is 23.8. The van der Waals surface area contributed by atoms with E-state index in [9.17, 15) is 0 Å². The van der Waals surface area contributed by atoms with E-state index in [4.69, 9.17) is 51.7 Å². The second kappa shape index (κ2) is 5.38. The Balaban J connectivity index is 2.70. The summed E-state index contributed by atoms with van der Waals surface area (Å²) in [5, 5.41) is 10.6.